The van der Waals surface area contributed by atoms with Crippen molar-refractivity contribution in [1.82, 2.24) is 14.9 Å². The fraction of sp³-hybridized carbons (Fsp3) is 0.480. The summed E-state index contributed by atoms with van der Waals surface area (Å²) in [4.78, 5) is 41.0. The van der Waals surface area contributed by atoms with Crippen LogP contribution >= 0.6 is 0 Å². The van der Waals surface area contributed by atoms with Crippen LogP contribution in [0.15, 0.2) is 36.5 Å². The molecule has 4 heterocycles. The van der Waals surface area contributed by atoms with Crippen molar-refractivity contribution >= 4 is 17.8 Å². The molecule has 1 spiro atoms. The molecule has 2 N–H and O–H groups in total. The molecule has 1 amide bonds. The zero-order valence-corrected chi connectivity index (χ0v) is 21.8. The average molecular weight is 595 g/mol. The molecule has 0 bridgehead atoms. The summed E-state index contributed by atoms with van der Waals surface area (Å²) in [6.45, 7) is 6.51. The van der Waals surface area contributed by atoms with Crippen LogP contribution in [0.25, 0.3) is 0 Å². The predicted molar refractivity (Wildman–Crippen MR) is 128 cm³/mol. The van der Waals surface area contributed by atoms with Crippen LogP contribution in [0.3, 0.4) is 0 Å². The number of halogens is 6. The van der Waals surface area contributed by atoms with Gasteiger partial charge in [0, 0.05) is 35.8 Å². The first-order valence-corrected chi connectivity index (χ1v) is 12.0. The highest BCUT2D eigenvalue weighted by molar-refractivity contribution is 5.95. The van der Waals surface area contributed by atoms with E-state index in [0.717, 1.165) is 30.8 Å². The predicted octanol–water partition coefficient (Wildman–Crippen LogP) is 4.06. The highest BCUT2D eigenvalue weighted by Gasteiger charge is 2.54. The van der Waals surface area contributed by atoms with Gasteiger partial charge in [-0.2, -0.15) is 26.3 Å². The summed E-state index contributed by atoms with van der Waals surface area (Å²) >= 11 is 0. The van der Waals surface area contributed by atoms with Gasteiger partial charge >= 0.3 is 24.3 Å². The average Bonchev–Trinajstić information content (AvgIpc) is 3.26. The molecule has 4 rings (SSSR count). The minimum atomic E-state index is -5.08. The van der Waals surface area contributed by atoms with E-state index in [-0.39, 0.29) is 11.5 Å². The quantitative estimate of drug-likeness (QED) is 0.490. The Hall–Kier alpha value is -3.95. The van der Waals surface area contributed by atoms with Gasteiger partial charge in [-0.1, -0.05) is 6.07 Å². The Labute approximate surface area is 229 Å². The van der Waals surface area contributed by atoms with E-state index in [4.69, 9.17) is 29.3 Å². The zero-order valence-electron chi connectivity index (χ0n) is 21.8. The number of rotatable bonds is 5. The van der Waals surface area contributed by atoms with Gasteiger partial charge < -0.3 is 24.6 Å². The Balaban J connectivity index is 0.000000349. The number of likely N-dealkylation sites (tertiary alicyclic amines) is 1. The first-order chi connectivity index (χ1) is 18.9. The maximum absolute atomic E-state index is 12.8. The third-order valence-corrected chi connectivity index (χ3v) is 5.97. The van der Waals surface area contributed by atoms with Gasteiger partial charge in [0.2, 0.25) is 5.88 Å². The largest absolute Gasteiger partial charge is 0.490 e. The number of carboxylic acid groups (broad SMARTS) is 2. The molecule has 16 heteroatoms. The molecule has 0 radical (unpaired) electrons. The Kier molecular flexibility index (Phi) is 11.0. The van der Waals surface area contributed by atoms with Crippen molar-refractivity contribution < 1.29 is 60.4 Å². The van der Waals surface area contributed by atoms with Crippen molar-refractivity contribution in [2.75, 3.05) is 26.3 Å². The van der Waals surface area contributed by atoms with Gasteiger partial charge in [0.25, 0.3) is 5.91 Å². The van der Waals surface area contributed by atoms with Crippen LogP contribution in [0, 0.1) is 19.8 Å². The van der Waals surface area contributed by atoms with Gasteiger partial charge in [0.05, 0.1) is 19.7 Å². The molecule has 226 valence electrons. The smallest absolute Gasteiger partial charge is 0.478 e. The Morgan fingerprint density at radius 2 is 1.56 bits per heavy atom. The molecule has 0 aliphatic carbocycles. The monoisotopic (exact) mass is 595 g/mol. The summed E-state index contributed by atoms with van der Waals surface area (Å²) in [6, 6.07) is 9.37. The van der Waals surface area contributed by atoms with Crippen molar-refractivity contribution in [1.29, 1.82) is 0 Å². The lowest BCUT2D eigenvalue weighted by Crippen LogP contribution is -2.66. The second kappa shape index (κ2) is 13.6. The standard InChI is InChI=1S/C21H25N3O3.2C2HF3O2/c1-15-11-17(12-16(2)23-15)20(25)24-13-21(14-24)18(7-10-27-21)6-9-26-19-5-3-4-8-22-19;2*3-2(4,5)1(6)7/h3-5,8,11-12,18H,6-7,9-10,13-14H2,1-2H3;2*(H,6,7). The Morgan fingerprint density at radius 1 is 1.02 bits per heavy atom. The lowest BCUT2D eigenvalue weighted by molar-refractivity contribution is -0.193. The molecule has 2 aliphatic heterocycles. The molecule has 1 atom stereocenters. The van der Waals surface area contributed by atoms with Crippen LogP contribution in [0.4, 0.5) is 26.3 Å². The molecule has 2 saturated heterocycles. The molecular weight excluding hydrogens is 568 g/mol. The molecule has 2 aromatic rings. The van der Waals surface area contributed by atoms with Gasteiger partial charge in [-0.25, -0.2) is 14.6 Å². The molecule has 2 fully saturated rings. The van der Waals surface area contributed by atoms with E-state index in [1.54, 1.807) is 6.20 Å². The van der Waals surface area contributed by atoms with Gasteiger partial charge in [0.15, 0.2) is 0 Å². The fourth-order valence-corrected chi connectivity index (χ4v) is 4.16. The number of hydrogen-bond acceptors (Lipinski definition) is 7. The summed E-state index contributed by atoms with van der Waals surface area (Å²) in [6.07, 6.45) is -6.51. The van der Waals surface area contributed by atoms with E-state index in [2.05, 4.69) is 9.97 Å². The van der Waals surface area contributed by atoms with Crippen LogP contribution in [0.5, 0.6) is 5.88 Å². The SMILES string of the molecule is Cc1cc(C(=O)N2CC3(C2)OCCC3CCOc2ccccn2)cc(C)n1.O=C(O)C(F)(F)F.O=C(O)C(F)(F)F. The minimum Gasteiger partial charge on any atom is -0.478 e. The van der Waals surface area contributed by atoms with Gasteiger partial charge in [-0.15, -0.1) is 0 Å². The highest BCUT2D eigenvalue weighted by atomic mass is 19.4. The van der Waals surface area contributed by atoms with E-state index in [9.17, 15) is 31.1 Å². The first-order valence-electron chi connectivity index (χ1n) is 12.0. The number of amides is 1. The lowest BCUT2D eigenvalue weighted by Gasteiger charge is -2.50. The molecule has 0 saturated carbocycles. The number of aryl methyl sites for hydroxylation is 2. The third-order valence-electron chi connectivity index (χ3n) is 5.97. The Bertz CT molecular complexity index is 1160. The second-order valence-corrected chi connectivity index (χ2v) is 9.11. The summed E-state index contributed by atoms with van der Waals surface area (Å²) in [5, 5.41) is 14.2. The molecular formula is C25H27F6N3O7. The van der Waals surface area contributed by atoms with E-state index < -0.39 is 24.3 Å². The van der Waals surface area contributed by atoms with E-state index >= 15 is 0 Å². The number of aliphatic carboxylic acids is 2. The van der Waals surface area contributed by atoms with Crippen LogP contribution in [-0.4, -0.2) is 87.2 Å². The molecule has 10 nitrogen and oxygen atoms in total. The van der Waals surface area contributed by atoms with Gasteiger partial charge in [-0.3, -0.25) is 9.78 Å². The van der Waals surface area contributed by atoms with Crippen LogP contribution in [0.2, 0.25) is 0 Å². The van der Waals surface area contributed by atoms with Crippen molar-refractivity contribution in [2.24, 2.45) is 5.92 Å². The molecule has 2 aliphatic rings. The highest BCUT2D eigenvalue weighted by Crippen LogP contribution is 2.42. The normalized spacial score (nSPS) is 17.4. The number of aromatic nitrogens is 2. The second-order valence-electron chi connectivity index (χ2n) is 9.11. The van der Waals surface area contributed by atoms with E-state index in [1.807, 2.05) is 49.1 Å². The number of carbonyl (C=O) groups excluding carboxylic acids is 1. The van der Waals surface area contributed by atoms with E-state index in [0.29, 0.717) is 37.1 Å². The zero-order chi connectivity index (χ0) is 31.0. The lowest BCUT2D eigenvalue weighted by atomic mass is 9.79. The number of carbonyl (C=O) groups is 3. The minimum absolute atomic E-state index is 0.0632. The van der Waals surface area contributed by atoms with Crippen LogP contribution in [-0.2, 0) is 14.3 Å². The fourth-order valence-electron chi connectivity index (χ4n) is 4.16. The van der Waals surface area contributed by atoms with Crippen molar-refractivity contribution in [3.63, 3.8) is 0 Å². The number of pyridine rings is 2. The van der Waals surface area contributed by atoms with Crippen molar-refractivity contribution in [2.45, 2.75) is 44.6 Å². The summed E-state index contributed by atoms with van der Waals surface area (Å²) in [7, 11) is 0. The van der Waals surface area contributed by atoms with Crippen LogP contribution in [0.1, 0.15) is 34.6 Å². The molecule has 41 heavy (non-hydrogen) atoms. The third kappa shape index (κ3) is 9.88. The van der Waals surface area contributed by atoms with E-state index in [1.165, 1.54) is 0 Å². The number of carboxylic acids is 2. The maximum atomic E-state index is 12.8. The van der Waals surface area contributed by atoms with Crippen LogP contribution < -0.4 is 4.74 Å². The molecule has 1 unspecified atom stereocenters. The van der Waals surface area contributed by atoms with Gasteiger partial charge in [0.1, 0.15) is 5.60 Å². The summed E-state index contributed by atoms with van der Waals surface area (Å²) < 4.78 is 75.3. The van der Waals surface area contributed by atoms with Gasteiger partial charge in [-0.05, 0) is 50.8 Å². The number of ether oxygens (including phenoxy) is 2. The number of nitrogens with zero attached hydrogens (tertiary/aromatic N) is 3. The van der Waals surface area contributed by atoms with Crippen molar-refractivity contribution in [3.05, 3.63) is 53.5 Å². The Morgan fingerprint density at radius 3 is 2.02 bits per heavy atom. The maximum Gasteiger partial charge on any atom is 0.490 e. The summed E-state index contributed by atoms with van der Waals surface area (Å²) in [5.41, 5.74) is 2.24. The molecule has 0 aromatic carbocycles. The van der Waals surface area contributed by atoms with Crippen molar-refractivity contribution in [3.8, 4) is 5.88 Å². The number of alkyl halides is 6. The number of hydrogen-bond donors (Lipinski definition) is 2. The first kappa shape index (κ1) is 33.3. The summed E-state index contributed by atoms with van der Waals surface area (Å²) in [5.74, 6) is -4.39. The molecule has 2 aromatic heterocycles. The topological polar surface area (TPSA) is 139 Å².